The van der Waals surface area contributed by atoms with Crippen molar-refractivity contribution in [3.8, 4) is 0 Å². The first kappa shape index (κ1) is 14.8. The Morgan fingerprint density at radius 2 is 2.26 bits per heavy atom. The van der Waals surface area contributed by atoms with Gasteiger partial charge in [0.15, 0.2) is 0 Å². The van der Waals surface area contributed by atoms with E-state index in [1.165, 1.54) is 6.42 Å². The Kier molecular flexibility index (Phi) is 4.50. The maximum atomic E-state index is 6.27. The second-order valence-corrected chi connectivity index (χ2v) is 5.85. The predicted octanol–water partition coefficient (Wildman–Crippen LogP) is 1.72. The van der Waals surface area contributed by atoms with Gasteiger partial charge in [0.2, 0.25) is 0 Å². The van der Waals surface area contributed by atoms with E-state index in [1.54, 1.807) is 11.8 Å². The molecule has 1 unspecified atom stereocenters. The number of halogens is 1. The molecular formula is C13H23ClN4O. The summed E-state index contributed by atoms with van der Waals surface area (Å²) in [6.45, 7) is 1.98. The minimum Gasteiger partial charge on any atom is -0.378 e. The molecule has 0 saturated heterocycles. The van der Waals surface area contributed by atoms with E-state index in [2.05, 4.69) is 10.5 Å². The Hall–Kier alpha value is -0.620. The lowest BCUT2D eigenvalue weighted by molar-refractivity contribution is -0.0834. The Labute approximate surface area is 119 Å². The maximum Gasteiger partial charge on any atom is 0.130 e. The van der Waals surface area contributed by atoms with Gasteiger partial charge in [-0.15, -0.1) is 0 Å². The van der Waals surface area contributed by atoms with Crippen molar-refractivity contribution >= 4 is 11.6 Å². The van der Waals surface area contributed by atoms with Gasteiger partial charge in [-0.2, -0.15) is 5.10 Å². The van der Waals surface area contributed by atoms with Crippen LogP contribution in [0, 0.1) is 6.92 Å². The van der Waals surface area contributed by atoms with E-state index in [-0.39, 0.29) is 11.6 Å². The molecule has 0 aliphatic heterocycles. The van der Waals surface area contributed by atoms with Crippen molar-refractivity contribution in [3.05, 3.63) is 16.4 Å². The molecule has 1 aromatic rings. The number of rotatable bonds is 6. The van der Waals surface area contributed by atoms with Gasteiger partial charge in [0.25, 0.3) is 0 Å². The fraction of sp³-hybridized carbons (Fsp3) is 0.769. The summed E-state index contributed by atoms with van der Waals surface area (Å²) in [5, 5.41) is 5.03. The molecule has 0 radical (unpaired) electrons. The van der Waals surface area contributed by atoms with Gasteiger partial charge in [0.05, 0.1) is 11.3 Å². The first-order valence-electron chi connectivity index (χ1n) is 6.70. The Balaban J connectivity index is 2.06. The second-order valence-electron chi connectivity index (χ2n) is 5.49. The Morgan fingerprint density at radius 1 is 1.58 bits per heavy atom. The van der Waals surface area contributed by atoms with Crippen LogP contribution in [0.5, 0.6) is 0 Å². The lowest BCUT2D eigenvalue weighted by Gasteiger charge is -2.42. The largest absolute Gasteiger partial charge is 0.378 e. The number of nitrogens with zero attached hydrogens (tertiary/aromatic N) is 2. The van der Waals surface area contributed by atoms with Crippen LogP contribution in [0.15, 0.2) is 0 Å². The summed E-state index contributed by atoms with van der Waals surface area (Å²) in [6, 6.07) is 0.153. The van der Waals surface area contributed by atoms with Crippen LogP contribution in [0.3, 0.4) is 0 Å². The topological polar surface area (TPSA) is 65.1 Å². The summed E-state index contributed by atoms with van der Waals surface area (Å²) in [7, 11) is 3.64. The standard InChI is InChI=1S/C13H23ClN4O/c1-9-11(12(14)18(2)17-9)7-10(16-15)8-13(19-3)5-4-6-13/h10,16H,4-8,15H2,1-3H3. The quantitative estimate of drug-likeness (QED) is 0.617. The molecule has 1 aliphatic rings. The molecule has 108 valence electrons. The highest BCUT2D eigenvalue weighted by molar-refractivity contribution is 6.30. The molecule has 0 spiro atoms. The van der Waals surface area contributed by atoms with E-state index >= 15 is 0 Å². The third kappa shape index (κ3) is 2.94. The van der Waals surface area contributed by atoms with E-state index in [0.717, 1.165) is 36.9 Å². The Morgan fingerprint density at radius 3 is 2.63 bits per heavy atom. The zero-order valence-corrected chi connectivity index (χ0v) is 12.6. The molecule has 19 heavy (non-hydrogen) atoms. The molecule has 1 heterocycles. The van der Waals surface area contributed by atoms with Gasteiger partial charge in [0, 0.05) is 25.8 Å². The third-order valence-corrected chi connectivity index (χ3v) is 4.75. The molecular weight excluding hydrogens is 264 g/mol. The summed E-state index contributed by atoms with van der Waals surface area (Å²) in [6.07, 6.45) is 5.14. The van der Waals surface area contributed by atoms with Gasteiger partial charge in [-0.25, -0.2) is 0 Å². The monoisotopic (exact) mass is 286 g/mol. The van der Waals surface area contributed by atoms with E-state index in [1.807, 2.05) is 14.0 Å². The number of hydrazine groups is 1. The number of nitrogens with one attached hydrogen (secondary N) is 1. The number of aromatic nitrogens is 2. The van der Waals surface area contributed by atoms with Crippen molar-refractivity contribution in [1.82, 2.24) is 15.2 Å². The van der Waals surface area contributed by atoms with E-state index in [9.17, 15) is 0 Å². The summed E-state index contributed by atoms with van der Waals surface area (Å²) in [4.78, 5) is 0. The molecule has 0 bridgehead atoms. The van der Waals surface area contributed by atoms with Gasteiger partial charge in [0.1, 0.15) is 5.15 Å². The fourth-order valence-corrected chi connectivity index (χ4v) is 3.11. The lowest BCUT2D eigenvalue weighted by atomic mass is 9.75. The molecule has 5 nitrogen and oxygen atoms in total. The van der Waals surface area contributed by atoms with Crippen LogP contribution in [-0.2, 0) is 18.2 Å². The van der Waals surface area contributed by atoms with Crippen LogP contribution in [-0.4, -0.2) is 28.5 Å². The maximum absolute atomic E-state index is 6.27. The van der Waals surface area contributed by atoms with Gasteiger partial charge in [-0.05, 0) is 39.0 Å². The lowest BCUT2D eigenvalue weighted by Crippen LogP contribution is -2.48. The molecule has 2 rings (SSSR count). The fourth-order valence-electron chi connectivity index (χ4n) is 2.85. The van der Waals surface area contributed by atoms with E-state index < -0.39 is 0 Å². The number of nitrogens with two attached hydrogens (primary N) is 1. The average Bonchev–Trinajstić information content (AvgIpc) is 2.58. The number of methoxy groups -OCH3 is 1. The normalized spacial score (nSPS) is 19.2. The minimum absolute atomic E-state index is 0.000370. The highest BCUT2D eigenvalue weighted by Crippen LogP contribution is 2.39. The van der Waals surface area contributed by atoms with E-state index in [4.69, 9.17) is 22.2 Å². The Bertz CT molecular complexity index is 437. The van der Waals surface area contributed by atoms with Gasteiger partial charge in [-0.1, -0.05) is 11.6 Å². The second kappa shape index (κ2) is 5.79. The molecule has 6 heteroatoms. The van der Waals surface area contributed by atoms with Gasteiger partial charge >= 0.3 is 0 Å². The van der Waals surface area contributed by atoms with Crippen molar-refractivity contribution in [3.63, 3.8) is 0 Å². The van der Waals surface area contributed by atoms with Crippen molar-refractivity contribution in [2.24, 2.45) is 12.9 Å². The van der Waals surface area contributed by atoms with Crippen molar-refractivity contribution in [2.75, 3.05) is 7.11 Å². The number of hydrogen-bond acceptors (Lipinski definition) is 4. The highest BCUT2D eigenvalue weighted by Gasteiger charge is 2.39. The van der Waals surface area contributed by atoms with Crippen molar-refractivity contribution in [1.29, 1.82) is 0 Å². The molecule has 0 amide bonds. The van der Waals surface area contributed by atoms with Crippen molar-refractivity contribution in [2.45, 2.75) is 50.7 Å². The minimum atomic E-state index is -0.000370. The first-order valence-corrected chi connectivity index (χ1v) is 7.08. The molecule has 1 atom stereocenters. The zero-order chi connectivity index (χ0) is 14.0. The van der Waals surface area contributed by atoms with Gasteiger partial charge < -0.3 is 4.74 Å². The van der Waals surface area contributed by atoms with Crippen molar-refractivity contribution < 1.29 is 4.74 Å². The molecule has 1 aromatic heterocycles. The SMILES string of the molecule is COC1(CC(Cc2c(C)nn(C)c2Cl)NN)CCC1. The highest BCUT2D eigenvalue weighted by atomic mass is 35.5. The van der Waals surface area contributed by atoms with Crippen LogP contribution in [0.1, 0.15) is 36.9 Å². The van der Waals surface area contributed by atoms with Crippen LogP contribution in [0.2, 0.25) is 5.15 Å². The number of hydrogen-bond donors (Lipinski definition) is 2. The third-order valence-electron chi connectivity index (χ3n) is 4.27. The van der Waals surface area contributed by atoms with Crippen LogP contribution in [0.4, 0.5) is 0 Å². The average molecular weight is 287 g/mol. The van der Waals surface area contributed by atoms with Crippen LogP contribution < -0.4 is 11.3 Å². The summed E-state index contributed by atoms with van der Waals surface area (Å²) < 4.78 is 7.36. The van der Waals surface area contributed by atoms with Crippen LogP contribution in [0.25, 0.3) is 0 Å². The molecule has 0 aromatic carbocycles. The number of ether oxygens (including phenoxy) is 1. The zero-order valence-electron chi connectivity index (χ0n) is 11.9. The molecule has 1 saturated carbocycles. The van der Waals surface area contributed by atoms with Gasteiger partial charge in [-0.3, -0.25) is 16.0 Å². The first-order chi connectivity index (χ1) is 9.01. The smallest absolute Gasteiger partial charge is 0.130 e. The molecule has 1 fully saturated rings. The molecule has 3 N–H and O–H groups in total. The van der Waals surface area contributed by atoms with E-state index in [0.29, 0.717) is 5.15 Å². The summed E-state index contributed by atoms with van der Waals surface area (Å²) in [5.41, 5.74) is 4.93. The van der Waals surface area contributed by atoms with Crippen LogP contribution >= 0.6 is 11.6 Å². The number of aryl methyl sites for hydroxylation is 2. The predicted molar refractivity (Wildman–Crippen MR) is 76.0 cm³/mol. The summed E-state index contributed by atoms with van der Waals surface area (Å²) in [5.74, 6) is 5.69. The molecule has 1 aliphatic carbocycles. The summed E-state index contributed by atoms with van der Waals surface area (Å²) >= 11 is 6.27.